The van der Waals surface area contributed by atoms with Crippen molar-refractivity contribution in [2.75, 3.05) is 19.5 Å². The molecule has 30 heavy (non-hydrogen) atoms. The molecule has 0 saturated heterocycles. The molecule has 0 aliphatic carbocycles. The number of rotatable bonds is 9. The zero-order chi connectivity index (χ0) is 21.6. The summed E-state index contributed by atoms with van der Waals surface area (Å²) >= 11 is 1.09. The van der Waals surface area contributed by atoms with Crippen LogP contribution in [0.15, 0.2) is 70.3 Å². The maximum absolute atomic E-state index is 13.0. The van der Waals surface area contributed by atoms with Crippen LogP contribution >= 0.6 is 11.3 Å². The molecule has 1 amide bonds. The van der Waals surface area contributed by atoms with E-state index in [-0.39, 0.29) is 10.6 Å². The highest BCUT2D eigenvalue weighted by molar-refractivity contribution is 7.91. The van der Waals surface area contributed by atoms with Gasteiger partial charge in [0.25, 0.3) is 10.0 Å². The highest BCUT2D eigenvalue weighted by Gasteiger charge is 2.27. The fraction of sp³-hybridized carbons (Fsp3) is 0.190. The van der Waals surface area contributed by atoms with Crippen LogP contribution in [0, 0.1) is 0 Å². The fourth-order valence-electron chi connectivity index (χ4n) is 2.84. The Labute approximate surface area is 179 Å². The molecule has 0 saturated carbocycles. The Kier molecular flexibility index (Phi) is 7.09. The Morgan fingerprint density at radius 2 is 1.73 bits per heavy atom. The highest BCUT2D eigenvalue weighted by atomic mass is 32.2. The van der Waals surface area contributed by atoms with Crippen LogP contribution < -0.4 is 19.5 Å². The molecule has 1 unspecified atom stereocenters. The van der Waals surface area contributed by atoms with E-state index in [1.54, 1.807) is 29.6 Å². The van der Waals surface area contributed by atoms with Crippen LogP contribution in [0.4, 0.5) is 5.69 Å². The summed E-state index contributed by atoms with van der Waals surface area (Å²) in [6, 6.07) is 16.3. The molecular weight excluding hydrogens is 424 g/mol. The number of hydrogen-bond acceptors (Lipinski definition) is 6. The van der Waals surface area contributed by atoms with Crippen molar-refractivity contribution in [2.45, 2.75) is 16.7 Å². The maximum atomic E-state index is 13.0. The summed E-state index contributed by atoms with van der Waals surface area (Å²) in [6.07, 6.45) is 0.199. The lowest BCUT2D eigenvalue weighted by molar-refractivity contribution is -0.117. The minimum Gasteiger partial charge on any atom is -0.493 e. The van der Waals surface area contributed by atoms with Crippen LogP contribution in [0.1, 0.15) is 5.56 Å². The van der Waals surface area contributed by atoms with Gasteiger partial charge in [-0.3, -0.25) is 4.79 Å². The lowest BCUT2D eigenvalue weighted by Gasteiger charge is -2.19. The van der Waals surface area contributed by atoms with Crippen molar-refractivity contribution in [3.05, 3.63) is 71.6 Å². The highest BCUT2D eigenvalue weighted by Crippen LogP contribution is 2.30. The molecule has 1 atom stereocenters. The SMILES string of the molecule is COc1ccc(NC(=O)C(Cc2ccccc2)NS(=O)(=O)c2cccs2)cc1OC. The number of benzene rings is 2. The Hall–Kier alpha value is -2.88. The first kappa shape index (κ1) is 21.8. The summed E-state index contributed by atoms with van der Waals surface area (Å²) < 4.78 is 38.6. The summed E-state index contributed by atoms with van der Waals surface area (Å²) in [4.78, 5) is 13.0. The Morgan fingerprint density at radius 3 is 2.37 bits per heavy atom. The van der Waals surface area contributed by atoms with E-state index < -0.39 is 22.0 Å². The summed E-state index contributed by atoms with van der Waals surface area (Å²) in [7, 11) is -0.818. The zero-order valence-corrected chi connectivity index (χ0v) is 18.1. The van der Waals surface area contributed by atoms with Crippen molar-refractivity contribution >= 4 is 33.0 Å². The van der Waals surface area contributed by atoms with Crippen LogP contribution in [-0.2, 0) is 21.2 Å². The van der Waals surface area contributed by atoms with Crippen molar-refractivity contribution in [3.63, 3.8) is 0 Å². The quantitative estimate of drug-likeness (QED) is 0.526. The van der Waals surface area contributed by atoms with Gasteiger partial charge in [0.05, 0.1) is 14.2 Å². The van der Waals surface area contributed by atoms with Gasteiger partial charge in [-0.1, -0.05) is 36.4 Å². The average Bonchev–Trinajstić information content (AvgIpc) is 3.30. The summed E-state index contributed by atoms with van der Waals surface area (Å²) in [5.41, 5.74) is 1.30. The van der Waals surface area contributed by atoms with Gasteiger partial charge in [-0.15, -0.1) is 11.3 Å². The second-order valence-electron chi connectivity index (χ2n) is 6.35. The molecular formula is C21H22N2O5S2. The monoisotopic (exact) mass is 446 g/mol. The number of nitrogens with one attached hydrogen (secondary N) is 2. The number of thiophene rings is 1. The molecule has 0 spiro atoms. The third kappa shape index (κ3) is 5.38. The number of hydrogen-bond donors (Lipinski definition) is 2. The summed E-state index contributed by atoms with van der Waals surface area (Å²) in [5, 5.41) is 4.43. The second-order valence-corrected chi connectivity index (χ2v) is 9.24. The molecule has 0 aliphatic rings. The number of carbonyl (C=O) groups is 1. The first-order valence-corrected chi connectivity index (χ1v) is 11.4. The smallest absolute Gasteiger partial charge is 0.250 e. The zero-order valence-electron chi connectivity index (χ0n) is 16.5. The van der Waals surface area contributed by atoms with Crippen LogP contribution in [-0.4, -0.2) is 34.6 Å². The lowest BCUT2D eigenvalue weighted by atomic mass is 10.1. The predicted octanol–water partition coefficient (Wildman–Crippen LogP) is 3.29. The molecule has 9 heteroatoms. The van der Waals surface area contributed by atoms with Gasteiger partial charge >= 0.3 is 0 Å². The normalized spacial score (nSPS) is 12.2. The molecule has 0 fully saturated rings. The predicted molar refractivity (Wildman–Crippen MR) is 117 cm³/mol. The van der Waals surface area contributed by atoms with E-state index in [0.717, 1.165) is 16.9 Å². The number of ether oxygens (including phenoxy) is 2. The van der Waals surface area contributed by atoms with Gasteiger partial charge in [0.2, 0.25) is 5.91 Å². The molecule has 3 rings (SSSR count). The number of amides is 1. The van der Waals surface area contributed by atoms with E-state index in [2.05, 4.69) is 10.0 Å². The van der Waals surface area contributed by atoms with Crippen LogP contribution in [0.25, 0.3) is 0 Å². The third-order valence-electron chi connectivity index (χ3n) is 4.31. The first-order valence-electron chi connectivity index (χ1n) is 9.05. The third-order valence-corrected chi connectivity index (χ3v) is 7.18. The van der Waals surface area contributed by atoms with E-state index in [1.165, 1.54) is 20.3 Å². The number of anilines is 1. The topological polar surface area (TPSA) is 93.7 Å². The van der Waals surface area contributed by atoms with Gasteiger partial charge in [0.15, 0.2) is 11.5 Å². The van der Waals surface area contributed by atoms with E-state index in [0.29, 0.717) is 17.2 Å². The number of carbonyl (C=O) groups excluding carboxylic acids is 1. The standard InChI is InChI=1S/C21H22N2O5S2/c1-27-18-11-10-16(14-19(18)28-2)22-21(24)17(13-15-7-4-3-5-8-15)23-30(25,26)20-9-6-12-29-20/h3-12,14,17,23H,13H2,1-2H3,(H,22,24). The molecule has 3 aromatic rings. The lowest BCUT2D eigenvalue weighted by Crippen LogP contribution is -2.45. The average molecular weight is 447 g/mol. The van der Waals surface area contributed by atoms with Gasteiger partial charge in [-0.25, -0.2) is 8.42 Å². The van der Waals surface area contributed by atoms with Gasteiger partial charge in [0, 0.05) is 11.8 Å². The minimum atomic E-state index is -3.83. The Morgan fingerprint density at radius 1 is 1.00 bits per heavy atom. The molecule has 2 N–H and O–H groups in total. The first-order chi connectivity index (χ1) is 14.4. The van der Waals surface area contributed by atoms with Gasteiger partial charge < -0.3 is 14.8 Å². The number of methoxy groups -OCH3 is 2. The van der Waals surface area contributed by atoms with Gasteiger partial charge in [-0.2, -0.15) is 4.72 Å². The van der Waals surface area contributed by atoms with Gasteiger partial charge in [-0.05, 0) is 35.6 Å². The largest absolute Gasteiger partial charge is 0.493 e. The molecule has 158 valence electrons. The molecule has 1 heterocycles. The maximum Gasteiger partial charge on any atom is 0.250 e. The van der Waals surface area contributed by atoms with E-state index >= 15 is 0 Å². The van der Waals surface area contributed by atoms with E-state index in [9.17, 15) is 13.2 Å². The van der Waals surface area contributed by atoms with E-state index in [1.807, 2.05) is 30.3 Å². The molecule has 2 aromatic carbocycles. The summed E-state index contributed by atoms with van der Waals surface area (Å²) in [6.45, 7) is 0. The number of sulfonamides is 1. The van der Waals surface area contributed by atoms with Crippen molar-refractivity contribution in [1.82, 2.24) is 4.72 Å². The van der Waals surface area contributed by atoms with Crippen molar-refractivity contribution < 1.29 is 22.7 Å². The Bertz CT molecular complexity index is 1080. The molecule has 7 nitrogen and oxygen atoms in total. The van der Waals surface area contributed by atoms with E-state index in [4.69, 9.17) is 9.47 Å². The van der Waals surface area contributed by atoms with Crippen molar-refractivity contribution in [1.29, 1.82) is 0 Å². The summed E-state index contributed by atoms with van der Waals surface area (Å²) in [5.74, 6) is 0.495. The van der Waals surface area contributed by atoms with Crippen LogP contribution in [0.3, 0.4) is 0 Å². The molecule has 1 aromatic heterocycles. The molecule has 0 radical (unpaired) electrons. The Balaban J connectivity index is 1.84. The van der Waals surface area contributed by atoms with Gasteiger partial charge in [0.1, 0.15) is 10.3 Å². The second kappa shape index (κ2) is 9.75. The van der Waals surface area contributed by atoms with Crippen LogP contribution in [0.2, 0.25) is 0 Å². The van der Waals surface area contributed by atoms with Crippen molar-refractivity contribution in [3.8, 4) is 11.5 Å². The van der Waals surface area contributed by atoms with Crippen LogP contribution in [0.5, 0.6) is 11.5 Å². The van der Waals surface area contributed by atoms with Crippen molar-refractivity contribution in [2.24, 2.45) is 0 Å². The fourth-order valence-corrected chi connectivity index (χ4v) is 5.05. The minimum absolute atomic E-state index is 0.152. The molecule has 0 bridgehead atoms. The molecule has 0 aliphatic heterocycles.